The zero-order valence-electron chi connectivity index (χ0n) is 11.7. The highest BCUT2D eigenvalue weighted by molar-refractivity contribution is 7.80. The van der Waals surface area contributed by atoms with Crippen LogP contribution in [0.15, 0.2) is 30.3 Å². The van der Waals surface area contributed by atoms with Crippen LogP contribution in [-0.2, 0) is 9.59 Å². The SMILES string of the molecule is CCN1CC(=O)N(CC(CS)c2ccccc2)CC1=O. The first-order chi connectivity index (χ1) is 9.65. The highest BCUT2D eigenvalue weighted by Crippen LogP contribution is 2.19. The third-order valence-electron chi connectivity index (χ3n) is 3.67. The second-order valence-electron chi connectivity index (χ2n) is 4.97. The molecule has 1 aromatic carbocycles. The second-order valence-corrected chi connectivity index (χ2v) is 5.34. The summed E-state index contributed by atoms with van der Waals surface area (Å²) in [6, 6.07) is 10.0. The van der Waals surface area contributed by atoms with E-state index in [2.05, 4.69) is 12.6 Å². The molecule has 0 radical (unpaired) electrons. The van der Waals surface area contributed by atoms with Gasteiger partial charge in [-0.2, -0.15) is 12.6 Å². The zero-order valence-corrected chi connectivity index (χ0v) is 12.6. The van der Waals surface area contributed by atoms with Gasteiger partial charge in [-0.25, -0.2) is 0 Å². The molecule has 1 atom stereocenters. The van der Waals surface area contributed by atoms with E-state index >= 15 is 0 Å². The molecule has 0 bridgehead atoms. The molecule has 108 valence electrons. The molecule has 0 N–H and O–H groups in total. The molecule has 2 amide bonds. The summed E-state index contributed by atoms with van der Waals surface area (Å²) in [5, 5.41) is 0. The predicted octanol–water partition coefficient (Wildman–Crippen LogP) is 1.39. The Kier molecular flexibility index (Phi) is 5.06. The van der Waals surface area contributed by atoms with E-state index in [-0.39, 0.29) is 30.8 Å². The van der Waals surface area contributed by atoms with Gasteiger partial charge in [-0.05, 0) is 18.2 Å². The first-order valence-electron chi connectivity index (χ1n) is 6.87. The quantitative estimate of drug-likeness (QED) is 0.833. The Balaban J connectivity index is 2.05. The van der Waals surface area contributed by atoms with E-state index in [0.717, 1.165) is 5.56 Å². The highest BCUT2D eigenvalue weighted by atomic mass is 32.1. The number of nitrogens with zero attached hydrogens (tertiary/aromatic N) is 2. The van der Waals surface area contributed by atoms with Crippen LogP contribution in [0.2, 0.25) is 0 Å². The molecule has 1 aliphatic rings. The number of rotatable bonds is 5. The molecule has 0 aromatic heterocycles. The van der Waals surface area contributed by atoms with Gasteiger partial charge in [0, 0.05) is 19.0 Å². The maximum absolute atomic E-state index is 12.1. The molecule has 1 heterocycles. The van der Waals surface area contributed by atoms with Gasteiger partial charge in [0.25, 0.3) is 0 Å². The van der Waals surface area contributed by atoms with Crippen LogP contribution < -0.4 is 0 Å². The maximum atomic E-state index is 12.1. The predicted molar refractivity (Wildman–Crippen MR) is 81.9 cm³/mol. The van der Waals surface area contributed by atoms with Crippen molar-refractivity contribution >= 4 is 24.4 Å². The van der Waals surface area contributed by atoms with Crippen molar-refractivity contribution in [2.75, 3.05) is 31.9 Å². The van der Waals surface area contributed by atoms with Crippen LogP contribution >= 0.6 is 12.6 Å². The Morgan fingerprint density at radius 3 is 2.30 bits per heavy atom. The fourth-order valence-electron chi connectivity index (χ4n) is 2.42. The fraction of sp³-hybridized carbons (Fsp3) is 0.467. The Hall–Kier alpha value is -1.49. The van der Waals surface area contributed by atoms with Gasteiger partial charge >= 0.3 is 0 Å². The van der Waals surface area contributed by atoms with Crippen molar-refractivity contribution in [3.63, 3.8) is 0 Å². The van der Waals surface area contributed by atoms with Crippen LogP contribution in [0.4, 0.5) is 0 Å². The number of hydrogen-bond acceptors (Lipinski definition) is 3. The van der Waals surface area contributed by atoms with Gasteiger partial charge < -0.3 is 9.80 Å². The lowest BCUT2D eigenvalue weighted by Gasteiger charge is -2.35. The molecule has 1 unspecified atom stereocenters. The van der Waals surface area contributed by atoms with Crippen molar-refractivity contribution in [3.8, 4) is 0 Å². The van der Waals surface area contributed by atoms with Crippen LogP contribution in [0, 0.1) is 0 Å². The number of thiol groups is 1. The molecule has 20 heavy (non-hydrogen) atoms. The van der Waals surface area contributed by atoms with Crippen LogP contribution in [0.25, 0.3) is 0 Å². The summed E-state index contributed by atoms with van der Waals surface area (Å²) in [4.78, 5) is 27.2. The third kappa shape index (κ3) is 3.33. The normalized spacial score (nSPS) is 17.5. The van der Waals surface area contributed by atoms with E-state index in [1.165, 1.54) is 0 Å². The van der Waals surface area contributed by atoms with Gasteiger partial charge in [-0.1, -0.05) is 30.3 Å². The number of amides is 2. The summed E-state index contributed by atoms with van der Waals surface area (Å²) in [6.07, 6.45) is 0. The molecule has 4 nitrogen and oxygen atoms in total. The smallest absolute Gasteiger partial charge is 0.242 e. The molecule has 5 heteroatoms. The maximum Gasteiger partial charge on any atom is 0.242 e. The summed E-state index contributed by atoms with van der Waals surface area (Å²) in [5.41, 5.74) is 1.15. The van der Waals surface area contributed by atoms with E-state index in [1.54, 1.807) is 9.80 Å². The number of likely N-dealkylation sites (N-methyl/N-ethyl adjacent to an activating group) is 1. The topological polar surface area (TPSA) is 40.6 Å². The minimum absolute atomic E-state index is 0.0224. The molecule has 0 saturated carbocycles. The molecule has 1 aliphatic heterocycles. The Labute approximate surface area is 125 Å². The minimum Gasteiger partial charge on any atom is -0.332 e. The van der Waals surface area contributed by atoms with Crippen molar-refractivity contribution < 1.29 is 9.59 Å². The number of carbonyl (C=O) groups is 2. The summed E-state index contributed by atoms with van der Waals surface area (Å²) in [7, 11) is 0. The van der Waals surface area contributed by atoms with Crippen molar-refractivity contribution in [1.29, 1.82) is 0 Å². The van der Waals surface area contributed by atoms with Gasteiger partial charge in [0.1, 0.15) is 0 Å². The van der Waals surface area contributed by atoms with Gasteiger partial charge in [0.15, 0.2) is 0 Å². The molecule has 0 aliphatic carbocycles. The molecule has 2 rings (SSSR count). The Morgan fingerprint density at radius 2 is 1.70 bits per heavy atom. The lowest BCUT2D eigenvalue weighted by atomic mass is 10.00. The Bertz CT molecular complexity index is 478. The van der Waals surface area contributed by atoms with Gasteiger partial charge in [0.2, 0.25) is 11.8 Å². The number of piperazine rings is 1. The average Bonchev–Trinajstić information content (AvgIpc) is 2.48. The lowest BCUT2D eigenvalue weighted by molar-refractivity contribution is -0.150. The van der Waals surface area contributed by atoms with E-state index < -0.39 is 0 Å². The van der Waals surface area contributed by atoms with E-state index in [9.17, 15) is 9.59 Å². The number of hydrogen-bond donors (Lipinski definition) is 1. The molecular formula is C15H20N2O2S. The summed E-state index contributed by atoms with van der Waals surface area (Å²) in [6.45, 7) is 3.41. The van der Waals surface area contributed by atoms with Crippen molar-refractivity contribution in [1.82, 2.24) is 9.80 Å². The zero-order chi connectivity index (χ0) is 14.5. The number of carbonyl (C=O) groups excluding carboxylic acids is 2. The molecule has 0 spiro atoms. The second kappa shape index (κ2) is 6.79. The Morgan fingerprint density at radius 1 is 1.10 bits per heavy atom. The first-order valence-corrected chi connectivity index (χ1v) is 7.50. The highest BCUT2D eigenvalue weighted by Gasteiger charge is 2.30. The number of benzene rings is 1. The first kappa shape index (κ1) is 14.9. The van der Waals surface area contributed by atoms with Crippen molar-refractivity contribution in [3.05, 3.63) is 35.9 Å². The van der Waals surface area contributed by atoms with Gasteiger partial charge in [0.05, 0.1) is 13.1 Å². The summed E-state index contributed by atoms with van der Waals surface area (Å²) >= 11 is 4.38. The summed E-state index contributed by atoms with van der Waals surface area (Å²) < 4.78 is 0. The van der Waals surface area contributed by atoms with Crippen LogP contribution in [-0.4, -0.2) is 53.5 Å². The van der Waals surface area contributed by atoms with Crippen molar-refractivity contribution in [2.45, 2.75) is 12.8 Å². The van der Waals surface area contributed by atoms with Crippen LogP contribution in [0.3, 0.4) is 0 Å². The average molecular weight is 292 g/mol. The lowest BCUT2D eigenvalue weighted by Crippen LogP contribution is -2.54. The minimum atomic E-state index is 0.0224. The van der Waals surface area contributed by atoms with Gasteiger partial charge in [-0.15, -0.1) is 0 Å². The van der Waals surface area contributed by atoms with Crippen LogP contribution in [0.1, 0.15) is 18.4 Å². The molecule has 1 fully saturated rings. The third-order valence-corrected chi connectivity index (χ3v) is 4.11. The monoisotopic (exact) mass is 292 g/mol. The standard InChI is InChI=1S/C15H20N2O2S/c1-2-16-9-15(19)17(10-14(16)18)8-13(11-20)12-6-4-3-5-7-12/h3-7,13,20H,2,8-11H2,1H3. The van der Waals surface area contributed by atoms with E-state index in [4.69, 9.17) is 0 Å². The molecule has 1 saturated heterocycles. The largest absolute Gasteiger partial charge is 0.332 e. The van der Waals surface area contributed by atoms with E-state index in [1.807, 2.05) is 37.3 Å². The molecule has 1 aromatic rings. The fourth-order valence-corrected chi connectivity index (χ4v) is 2.74. The summed E-state index contributed by atoms with van der Waals surface area (Å²) in [5.74, 6) is 0.858. The van der Waals surface area contributed by atoms with Crippen LogP contribution in [0.5, 0.6) is 0 Å². The van der Waals surface area contributed by atoms with E-state index in [0.29, 0.717) is 18.8 Å². The van der Waals surface area contributed by atoms with Gasteiger partial charge in [-0.3, -0.25) is 9.59 Å². The molecular weight excluding hydrogens is 272 g/mol. The van der Waals surface area contributed by atoms with Crippen molar-refractivity contribution in [2.24, 2.45) is 0 Å².